The molecule has 2 aromatic carbocycles. The summed E-state index contributed by atoms with van der Waals surface area (Å²) in [4.78, 5) is 11.7. The molecule has 0 aromatic heterocycles. The fourth-order valence-corrected chi connectivity index (χ4v) is 1.87. The molecule has 0 saturated carbocycles. The fraction of sp³-hybridized carbons (Fsp3) is 0.118. The zero-order chi connectivity index (χ0) is 15.1. The normalized spacial score (nSPS) is 10.6. The summed E-state index contributed by atoms with van der Waals surface area (Å²) in [5.74, 6) is 0.0753. The first-order chi connectivity index (χ1) is 10.2. The van der Waals surface area contributed by atoms with E-state index in [0.717, 1.165) is 11.3 Å². The van der Waals surface area contributed by atoms with Gasteiger partial charge in [0.1, 0.15) is 11.6 Å². The third kappa shape index (κ3) is 4.18. The average molecular weight is 285 g/mol. The van der Waals surface area contributed by atoms with Gasteiger partial charge < -0.3 is 10.1 Å². The van der Waals surface area contributed by atoms with Gasteiger partial charge in [0, 0.05) is 23.7 Å². The van der Waals surface area contributed by atoms with Gasteiger partial charge in [-0.1, -0.05) is 36.4 Å². The Morgan fingerprint density at radius 3 is 2.67 bits per heavy atom. The molecule has 3 nitrogen and oxygen atoms in total. The molecule has 21 heavy (non-hydrogen) atoms. The molecule has 0 radical (unpaired) electrons. The Balaban J connectivity index is 1.95. The Morgan fingerprint density at radius 2 is 1.90 bits per heavy atom. The molecule has 1 amide bonds. The molecule has 0 fully saturated rings. The Kier molecular flexibility index (Phi) is 5.10. The van der Waals surface area contributed by atoms with Gasteiger partial charge in [-0.2, -0.15) is 0 Å². The van der Waals surface area contributed by atoms with Gasteiger partial charge in [0.2, 0.25) is 5.91 Å². The summed E-state index contributed by atoms with van der Waals surface area (Å²) >= 11 is 0. The smallest absolute Gasteiger partial charge is 0.244 e. The minimum absolute atomic E-state index is 0.288. The highest BCUT2D eigenvalue weighted by Gasteiger charge is 2.03. The van der Waals surface area contributed by atoms with Crippen molar-refractivity contribution in [2.75, 3.05) is 7.11 Å². The third-order valence-electron chi connectivity index (χ3n) is 2.97. The summed E-state index contributed by atoms with van der Waals surface area (Å²) < 4.78 is 18.6. The predicted molar refractivity (Wildman–Crippen MR) is 80.3 cm³/mol. The molecular weight excluding hydrogens is 269 g/mol. The van der Waals surface area contributed by atoms with Gasteiger partial charge in [-0.15, -0.1) is 0 Å². The molecule has 0 saturated heterocycles. The molecule has 0 aliphatic heterocycles. The summed E-state index contributed by atoms with van der Waals surface area (Å²) in [6, 6.07) is 13.7. The number of halogens is 1. The van der Waals surface area contributed by atoms with Crippen molar-refractivity contribution in [1.29, 1.82) is 0 Å². The highest BCUT2D eigenvalue weighted by molar-refractivity contribution is 5.91. The largest absolute Gasteiger partial charge is 0.496 e. The van der Waals surface area contributed by atoms with Gasteiger partial charge >= 0.3 is 0 Å². The number of ether oxygens (including phenoxy) is 1. The number of methoxy groups -OCH3 is 1. The lowest BCUT2D eigenvalue weighted by molar-refractivity contribution is -0.116. The van der Waals surface area contributed by atoms with Crippen LogP contribution in [0.15, 0.2) is 54.6 Å². The summed E-state index contributed by atoms with van der Waals surface area (Å²) in [6.07, 6.45) is 2.76. The van der Waals surface area contributed by atoms with Gasteiger partial charge in [0.05, 0.1) is 7.11 Å². The monoisotopic (exact) mass is 285 g/mol. The first kappa shape index (κ1) is 14.8. The van der Waals surface area contributed by atoms with Crippen molar-refractivity contribution in [2.24, 2.45) is 0 Å². The number of hydrogen-bond acceptors (Lipinski definition) is 2. The lowest BCUT2D eigenvalue weighted by Gasteiger charge is -2.08. The highest BCUT2D eigenvalue weighted by atomic mass is 19.1. The summed E-state index contributed by atoms with van der Waals surface area (Å²) in [7, 11) is 1.58. The van der Waals surface area contributed by atoms with Crippen LogP contribution in [0, 0.1) is 5.82 Å². The Morgan fingerprint density at radius 1 is 1.19 bits per heavy atom. The minimum atomic E-state index is -0.355. The van der Waals surface area contributed by atoms with Gasteiger partial charge in [-0.3, -0.25) is 4.79 Å². The molecule has 0 spiro atoms. The van der Waals surface area contributed by atoms with Crippen molar-refractivity contribution >= 4 is 12.0 Å². The summed E-state index contributed by atoms with van der Waals surface area (Å²) in [5, 5.41) is 2.74. The number of para-hydroxylation sites is 1. The van der Waals surface area contributed by atoms with Crippen molar-refractivity contribution in [2.45, 2.75) is 6.54 Å². The topological polar surface area (TPSA) is 38.3 Å². The molecule has 0 atom stereocenters. The molecule has 0 bridgehead atoms. The van der Waals surface area contributed by atoms with E-state index in [-0.39, 0.29) is 11.7 Å². The van der Waals surface area contributed by atoms with Crippen LogP contribution in [-0.4, -0.2) is 13.0 Å². The van der Waals surface area contributed by atoms with E-state index in [1.54, 1.807) is 25.3 Å². The first-order valence-corrected chi connectivity index (χ1v) is 6.53. The molecule has 108 valence electrons. The molecule has 0 heterocycles. The van der Waals surface area contributed by atoms with Crippen LogP contribution in [0.5, 0.6) is 5.75 Å². The van der Waals surface area contributed by atoms with Crippen LogP contribution in [0.4, 0.5) is 4.39 Å². The van der Waals surface area contributed by atoms with E-state index in [1.165, 1.54) is 18.2 Å². The highest BCUT2D eigenvalue weighted by Crippen LogP contribution is 2.16. The number of carbonyl (C=O) groups excluding carboxylic acids is 1. The van der Waals surface area contributed by atoms with Crippen LogP contribution in [-0.2, 0) is 11.3 Å². The van der Waals surface area contributed by atoms with Crippen molar-refractivity contribution < 1.29 is 13.9 Å². The Labute approximate surface area is 123 Å². The molecule has 1 N–H and O–H groups in total. The Bertz CT molecular complexity index is 653. The number of amides is 1. The third-order valence-corrected chi connectivity index (χ3v) is 2.97. The van der Waals surface area contributed by atoms with Crippen LogP contribution in [0.25, 0.3) is 6.08 Å². The molecule has 2 rings (SSSR count). The maximum atomic E-state index is 13.4. The molecule has 4 heteroatoms. The first-order valence-electron chi connectivity index (χ1n) is 6.53. The van der Waals surface area contributed by atoms with Gasteiger partial charge in [-0.05, 0) is 18.2 Å². The number of benzene rings is 2. The zero-order valence-corrected chi connectivity index (χ0v) is 11.7. The zero-order valence-electron chi connectivity index (χ0n) is 11.7. The maximum Gasteiger partial charge on any atom is 0.244 e. The lowest BCUT2D eigenvalue weighted by Crippen LogP contribution is -2.20. The van der Waals surface area contributed by atoms with Crippen LogP contribution in [0.1, 0.15) is 11.1 Å². The second-order valence-electron chi connectivity index (χ2n) is 4.38. The number of carbonyl (C=O) groups is 1. The fourth-order valence-electron chi connectivity index (χ4n) is 1.87. The van der Waals surface area contributed by atoms with Crippen molar-refractivity contribution in [3.8, 4) is 5.75 Å². The average Bonchev–Trinajstić information content (AvgIpc) is 2.52. The van der Waals surface area contributed by atoms with E-state index in [1.807, 2.05) is 24.3 Å². The van der Waals surface area contributed by atoms with E-state index < -0.39 is 0 Å². The molecule has 0 aliphatic rings. The van der Waals surface area contributed by atoms with Crippen LogP contribution < -0.4 is 10.1 Å². The molecule has 0 unspecified atom stereocenters. The second kappa shape index (κ2) is 7.24. The van der Waals surface area contributed by atoms with E-state index >= 15 is 0 Å². The standard InChI is InChI=1S/C17H16FNO2/c1-21-16-9-5-3-7-14(16)12-19-17(20)11-10-13-6-2-4-8-15(13)18/h2-11H,12H2,1H3,(H,19,20). The van der Waals surface area contributed by atoms with E-state index in [0.29, 0.717) is 12.1 Å². The van der Waals surface area contributed by atoms with Crippen LogP contribution in [0.3, 0.4) is 0 Å². The van der Waals surface area contributed by atoms with Crippen molar-refractivity contribution in [1.82, 2.24) is 5.32 Å². The van der Waals surface area contributed by atoms with Gasteiger partial charge in [0.15, 0.2) is 0 Å². The van der Waals surface area contributed by atoms with Crippen molar-refractivity contribution in [3.05, 3.63) is 71.6 Å². The minimum Gasteiger partial charge on any atom is -0.496 e. The molecule has 2 aromatic rings. The summed E-state index contributed by atoms with van der Waals surface area (Å²) in [5.41, 5.74) is 1.26. The second-order valence-corrected chi connectivity index (χ2v) is 4.38. The maximum absolute atomic E-state index is 13.4. The van der Waals surface area contributed by atoms with Gasteiger partial charge in [0.25, 0.3) is 0 Å². The Hall–Kier alpha value is -2.62. The van der Waals surface area contributed by atoms with Gasteiger partial charge in [-0.25, -0.2) is 4.39 Å². The molecule has 0 aliphatic carbocycles. The number of nitrogens with one attached hydrogen (secondary N) is 1. The van der Waals surface area contributed by atoms with E-state index in [2.05, 4.69) is 5.32 Å². The van der Waals surface area contributed by atoms with Crippen LogP contribution in [0.2, 0.25) is 0 Å². The van der Waals surface area contributed by atoms with E-state index in [9.17, 15) is 9.18 Å². The quantitative estimate of drug-likeness (QED) is 0.857. The predicted octanol–water partition coefficient (Wildman–Crippen LogP) is 3.16. The van der Waals surface area contributed by atoms with Crippen molar-refractivity contribution in [3.63, 3.8) is 0 Å². The molecular formula is C17H16FNO2. The number of rotatable bonds is 5. The number of hydrogen-bond donors (Lipinski definition) is 1. The van der Waals surface area contributed by atoms with Crippen LogP contribution >= 0.6 is 0 Å². The lowest BCUT2D eigenvalue weighted by atomic mass is 10.2. The summed E-state index contributed by atoms with van der Waals surface area (Å²) in [6.45, 7) is 0.352. The SMILES string of the molecule is COc1ccccc1CNC(=O)C=Cc1ccccc1F. The van der Waals surface area contributed by atoms with E-state index in [4.69, 9.17) is 4.74 Å².